The molecule has 1 saturated carbocycles. The monoisotopic (exact) mass is 277 g/mol. The molecule has 1 aliphatic rings. The minimum Gasteiger partial charge on any atom is -0.325 e. The molecule has 1 fully saturated rings. The Hall–Kier alpha value is -0.890. The summed E-state index contributed by atoms with van der Waals surface area (Å²) in [5.74, 6) is 0.714. The van der Waals surface area contributed by atoms with E-state index >= 15 is 0 Å². The largest absolute Gasteiger partial charge is 0.325 e. The Morgan fingerprint density at radius 3 is 2.65 bits per heavy atom. The maximum atomic E-state index is 13.4. The average Bonchev–Trinajstić information content (AvgIpc) is 2.42. The molecule has 1 aliphatic carbocycles. The molecule has 1 aromatic rings. The minimum absolute atomic E-state index is 0.124. The second-order valence-electron chi connectivity index (χ2n) is 6.70. The van der Waals surface area contributed by atoms with E-state index in [1.807, 2.05) is 13.0 Å². The number of halogens is 1. The zero-order valence-electron chi connectivity index (χ0n) is 12.9. The zero-order chi connectivity index (χ0) is 14.6. The van der Waals surface area contributed by atoms with Crippen molar-refractivity contribution < 1.29 is 4.39 Å². The predicted molar refractivity (Wildman–Crippen MR) is 83.2 cm³/mol. The first-order valence-electron chi connectivity index (χ1n) is 8.06. The molecule has 0 aliphatic heterocycles. The van der Waals surface area contributed by atoms with Gasteiger partial charge in [-0.25, -0.2) is 4.39 Å². The number of aryl methyl sites for hydroxylation is 1. The third-order valence-corrected chi connectivity index (χ3v) is 4.92. The second kappa shape index (κ2) is 6.71. The van der Waals surface area contributed by atoms with Gasteiger partial charge in [0.25, 0.3) is 0 Å². The molecule has 112 valence electrons. The topological polar surface area (TPSA) is 26.0 Å². The van der Waals surface area contributed by atoms with E-state index in [0.29, 0.717) is 0 Å². The first-order valence-corrected chi connectivity index (χ1v) is 8.06. The first-order chi connectivity index (χ1) is 9.52. The standard InChI is InChI=1S/C18H28FN/c1-3-4-5-15-8-10-18(20,11-9-15)13-16-12-17(19)7-6-14(16)2/h6-7,12,15H,3-5,8-11,13,20H2,1-2H3. The summed E-state index contributed by atoms with van der Waals surface area (Å²) in [4.78, 5) is 0. The predicted octanol–water partition coefficient (Wildman–Crippen LogP) is 4.75. The Kier molecular flexibility index (Phi) is 5.20. The third kappa shape index (κ3) is 4.05. The fourth-order valence-corrected chi connectivity index (χ4v) is 3.42. The molecular weight excluding hydrogens is 249 g/mol. The lowest BCUT2D eigenvalue weighted by Crippen LogP contribution is -2.45. The Bertz CT molecular complexity index is 433. The smallest absolute Gasteiger partial charge is 0.123 e. The van der Waals surface area contributed by atoms with Crippen LogP contribution in [0.3, 0.4) is 0 Å². The molecule has 1 nitrogen and oxygen atoms in total. The molecule has 0 radical (unpaired) electrons. The normalized spacial score (nSPS) is 26.7. The molecule has 0 atom stereocenters. The van der Waals surface area contributed by atoms with Crippen LogP contribution < -0.4 is 5.73 Å². The lowest BCUT2D eigenvalue weighted by atomic mass is 9.72. The summed E-state index contributed by atoms with van der Waals surface area (Å²) in [5.41, 5.74) is 8.69. The summed E-state index contributed by atoms with van der Waals surface area (Å²) in [6.07, 6.45) is 9.44. The maximum Gasteiger partial charge on any atom is 0.123 e. The average molecular weight is 277 g/mol. The van der Waals surface area contributed by atoms with Crippen LogP contribution in [0, 0.1) is 18.7 Å². The summed E-state index contributed by atoms with van der Waals surface area (Å²) in [6, 6.07) is 5.05. The summed E-state index contributed by atoms with van der Waals surface area (Å²) in [6.45, 7) is 4.30. The van der Waals surface area contributed by atoms with Crippen LogP contribution in [0.5, 0.6) is 0 Å². The van der Waals surface area contributed by atoms with Crippen molar-refractivity contribution in [2.45, 2.75) is 70.8 Å². The number of nitrogens with two attached hydrogens (primary N) is 1. The molecule has 0 spiro atoms. The van der Waals surface area contributed by atoms with Gasteiger partial charge in [-0.3, -0.25) is 0 Å². The molecule has 0 amide bonds. The fourth-order valence-electron chi connectivity index (χ4n) is 3.42. The van der Waals surface area contributed by atoms with Crippen LogP contribution in [0.4, 0.5) is 4.39 Å². The van der Waals surface area contributed by atoms with E-state index in [0.717, 1.165) is 36.3 Å². The van der Waals surface area contributed by atoms with Crippen molar-refractivity contribution >= 4 is 0 Å². The van der Waals surface area contributed by atoms with Crippen molar-refractivity contribution in [3.8, 4) is 0 Å². The number of rotatable bonds is 5. The van der Waals surface area contributed by atoms with Crippen molar-refractivity contribution in [2.75, 3.05) is 0 Å². The van der Waals surface area contributed by atoms with Gasteiger partial charge >= 0.3 is 0 Å². The van der Waals surface area contributed by atoms with E-state index in [1.54, 1.807) is 6.07 Å². The molecular formula is C18H28FN. The maximum absolute atomic E-state index is 13.4. The van der Waals surface area contributed by atoms with E-state index in [1.165, 1.54) is 38.2 Å². The Morgan fingerprint density at radius 1 is 1.30 bits per heavy atom. The van der Waals surface area contributed by atoms with Crippen molar-refractivity contribution in [3.05, 3.63) is 35.1 Å². The van der Waals surface area contributed by atoms with Crippen LogP contribution in [0.1, 0.15) is 63.0 Å². The molecule has 2 N–H and O–H groups in total. The van der Waals surface area contributed by atoms with E-state index in [2.05, 4.69) is 6.92 Å². The van der Waals surface area contributed by atoms with E-state index in [4.69, 9.17) is 5.73 Å². The summed E-state index contributed by atoms with van der Waals surface area (Å²) < 4.78 is 13.4. The number of unbranched alkanes of at least 4 members (excludes halogenated alkanes) is 1. The van der Waals surface area contributed by atoms with Crippen molar-refractivity contribution in [1.82, 2.24) is 0 Å². The molecule has 0 unspecified atom stereocenters. The van der Waals surface area contributed by atoms with Crippen LogP contribution in [-0.4, -0.2) is 5.54 Å². The molecule has 0 bridgehead atoms. The first kappa shape index (κ1) is 15.5. The van der Waals surface area contributed by atoms with Gasteiger partial charge in [0, 0.05) is 5.54 Å². The highest BCUT2D eigenvalue weighted by atomic mass is 19.1. The number of hydrogen-bond acceptors (Lipinski definition) is 1. The minimum atomic E-state index is -0.147. The van der Waals surface area contributed by atoms with Gasteiger partial charge in [-0.2, -0.15) is 0 Å². The molecule has 0 heterocycles. The molecule has 2 rings (SSSR count). The van der Waals surface area contributed by atoms with E-state index in [-0.39, 0.29) is 11.4 Å². The van der Waals surface area contributed by atoms with Gasteiger partial charge in [0.2, 0.25) is 0 Å². The number of hydrogen-bond donors (Lipinski definition) is 1. The second-order valence-corrected chi connectivity index (χ2v) is 6.70. The molecule has 20 heavy (non-hydrogen) atoms. The van der Waals surface area contributed by atoms with Crippen molar-refractivity contribution in [3.63, 3.8) is 0 Å². The van der Waals surface area contributed by atoms with Gasteiger partial charge in [0.05, 0.1) is 0 Å². The molecule has 1 aromatic carbocycles. The van der Waals surface area contributed by atoms with E-state index in [9.17, 15) is 4.39 Å². The Balaban J connectivity index is 1.94. The summed E-state index contributed by atoms with van der Waals surface area (Å²) in [5, 5.41) is 0. The van der Waals surface area contributed by atoms with Crippen LogP contribution in [0.25, 0.3) is 0 Å². The molecule has 2 heteroatoms. The van der Waals surface area contributed by atoms with Crippen molar-refractivity contribution in [1.29, 1.82) is 0 Å². The van der Waals surface area contributed by atoms with Crippen LogP contribution >= 0.6 is 0 Å². The zero-order valence-corrected chi connectivity index (χ0v) is 12.9. The Labute approximate surface area is 122 Å². The summed E-state index contributed by atoms with van der Waals surface area (Å²) in [7, 11) is 0. The highest BCUT2D eigenvalue weighted by molar-refractivity contribution is 5.28. The van der Waals surface area contributed by atoms with Gasteiger partial charge in [0.15, 0.2) is 0 Å². The number of benzene rings is 1. The van der Waals surface area contributed by atoms with Gasteiger partial charge < -0.3 is 5.73 Å². The Morgan fingerprint density at radius 2 is 2.00 bits per heavy atom. The van der Waals surface area contributed by atoms with Gasteiger partial charge in [-0.15, -0.1) is 0 Å². The molecule has 0 aromatic heterocycles. The lowest BCUT2D eigenvalue weighted by molar-refractivity contribution is 0.221. The highest BCUT2D eigenvalue weighted by Crippen LogP contribution is 2.35. The molecule has 0 saturated heterocycles. The van der Waals surface area contributed by atoms with Crippen LogP contribution in [0.15, 0.2) is 18.2 Å². The van der Waals surface area contributed by atoms with Gasteiger partial charge in [-0.05, 0) is 68.2 Å². The quantitative estimate of drug-likeness (QED) is 0.825. The van der Waals surface area contributed by atoms with E-state index < -0.39 is 0 Å². The van der Waals surface area contributed by atoms with Crippen LogP contribution in [-0.2, 0) is 6.42 Å². The SMILES string of the molecule is CCCCC1CCC(N)(Cc2cc(F)ccc2C)CC1. The van der Waals surface area contributed by atoms with Gasteiger partial charge in [0.1, 0.15) is 5.82 Å². The van der Waals surface area contributed by atoms with Crippen molar-refractivity contribution in [2.24, 2.45) is 11.7 Å². The lowest BCUT2D eigenvalue weighted by Gasteiger charge is -2.37. The van der Waals surface area contributed by atoms with Crippen LogP contribution in [0.2, 0.25) is 0 Å². The highest BCUT2D eigenvalue weighted by Gasteiger charge is 2.31. The van der Waals surface area contributed by atoms with Gasteiger partial charge in [-0.1, -0.05) is 32.3 Å². The third-order valence-electron chi connectivity index (χ3n) is 4.92. The fraction of sp³-hybridized carbons (Fsp3) is 0.667. The summed E-state index contributed by atoms with van der Waals surface area (Å²) >= 11 is 0.